The molecule has 4 heteroatoms. The molecule has 1 aliphatic carbocycles. The molecule has 1 heterocycles. The van der Waals surface area contributed by atoms with Crippen molar-refractivity contribution in [2.45, 2.75) is 18.1 Å². The van der Waals surface area contributed by atoms with Crippen molar-refractivity contribution in [3.8, 4) is 0 Å². The summed E-state index contributed by atoms with van der Waals surface area (Å²) in [5.74, 6) is -1.40. The number of fused-ring (bicyclic) bond motifs is 4. The van der Waals surface area contributed by atoms with Gasteiger partial charge in [-0.3, -0.25) is 9.59 Å². The topological polar surface area (TPSA) is 55.4 Å². The summed E-state index contributed by atoms with van der Waals surface area (Å²) < 4.78 is 5.94. The number of hydrogen-bond donors (Lipinski definition) is 1. The Bertz CT molecular complexity index is 1380. The first-order valence-corrected chi connectivity index (χ1v) is 11.5. The fraction of sp³-hybridized carbons (Fsp3) is 0.133. The molecule has 2 aliphatic rings. The van der Waals surface area contributed by atoms with Crippen molar-refractivity contribution in [1.82, 2.24) is 5.32 Å². The van der Waals surface area contributed by atoms with E-state index in [-0.39, 0.29) is 24.4 Å². The zero-order chi connectivity index (χ0) is 23.1. The second-order valence-electron chi connectivity index (χ2n) is 8.85. The van der Waals surface area contributed by atoms with Crippen LogP contribution < -0.4 is 5.32 Å². The van der Waals surface area contributed by atoms with E-state index in [0.29, 0.717) is 5.56 Å². The van der Waals surface area contributed by atoms with E-state index in [0.717, 1.165) is 27.8 Å². The summed E-state index contributed by atoms with van der Waals surface area (Å²) in [6.07, 6.45) is 0. The van der Waals surface area contributed by atoms with Gasteiger partial charge in [0, 0.05) is 11.5 Å². The van der Waals surface area contributed by atoms with Crippen LogP contribution in [0.5, 0.6) is 0 Å². The molecule has 0 radical (unpaired) electrons. The van der Waals surface area contributed by atoms with Crippen LogP contribution in [-0.4, -0.2) is 11.9 Å². The van der Waals surface area contributed by atoms with E-state index < -0.39 is 11.5 Å². The lowest BCUT2D eigenvalue weighted by Crippen LogP contribution is -2.48. The van der Waals surface area contributed by atoms with E-state index in [2.05, 4.69) is 11.4 Å². The number of nitrogens with one attached hydrogen (secondary N) is 1. The van der Waals surface area contributed by atoms with Crippen molar-refractivity contribution in [3.05, 3.63) is 143 Å². The lowest BCUT2D eigenvalue weighted by molar-refractivity contribution is -0.152. The highest BCUT2D eigenvalue weighted by molar-refractivity contribution is 6.02. The normalized spacial score (nSPS) is 22.2. The third kappa shape index (κ3) is 2.99. The van der Waals surface area contributed by atoms with Gasteiger partial charge in [0.2, 0.25) is 0 Å². The maximum Gasteiger partial charge on any atom is 0.313 e. The molecule has 166 valence electrons. The SMILES string of the molecule is O=C1NC2(c3ccccc31)c1ccccc1C(c1ccccc1)C2C(=O)OCc1ccccc1. The summed E-state index contributed by atoms with van der Waals surface area (Å²) in [6, 6.07) is 35.3. The van der Waals surface area contributed by atoms with E-state index in [9.17, 15) is 9.59 Å². The second-order valence-corrected chi connectivity index (χ2v) is 8.85. The molecule has 3 unspecified atom stereocenters. The predicted octanol–water partition coefficient (Wildman–Crippen LogP) is 5.18. The predicted molar refractivity (Wildman–Crippen MR) is 129 cm³/mol. The van der Waals surface area contributed by atoms with Gasteiger partial charge < -0.3 is 10.1 Å². The van der Waals surface area contributed by atoms with Gasteiger partial charge in [-0.25, -0.2) is 0 Å². The first-order valence-electron chi connectivity index (χ1n) is 11.5. The highest BCUT2D eigenvalue weighted by Crippen LogP contribution is 2.57. The molecule has 1 aliphatic heterocycles. The quantitative estimate of drug-likeness (QED) is 0.441. The van der Waals surface area contributed by atoms with Crippen molar-refractivity contribution >= 4 is 11.9 Å². The molecule has 1 N–H and O–H groups in total. The molecule has 4 aromatic carbocycles. The van der Waals surface area contributed by atoms with Crippen LogP contribution in [0.4, 0.5) is 0 Å². The smallest absolute Gasteiger partial charge is 0.313 e. The minimum absolute atomic E-state index is 0.167. The number of hydrogen-bond acceptors (Lipinski definition) is 3. The van der Waals surface area contributed by atoms with Crippen LogP contribution in [0.25, 0.3) is 0 Å². The number of carbonyl (C=O) groups excluding carboxylic acids is 2. The Morgan fingerprint density at radius 1 is 0.765 bits per heavy atom. The van der Waals surface area contributed by atoms with Crippen molar-refractivity contribution < 1.29 is 14.3 Å². The van der Waals surface area contributed by atoms with Crippen LogP contribution >= 0.6 is 0 Å². The molecule has 1 amide bonds. The number of ether oxygens (including phenoxy) is 1. The Hall–Kier alpha value is -4.18. The minimum Gasteiger partial charge on any atom is -0.460 e. The van der Waals surface area contributed by atoms with E-state index in [4.69, 9.17) is 4.74 Å². The van der Waals surface area contributed by atoms with Crippen molar-refractivity contribution in [3.63, 3.8) is 0 Å². The molecule has 0 saturated heterocycles. The monoisotopic (exact) mass is 445 g/mol. The molecule has 1 spiro atoms. The van der Waals surface area contributed by atoms with Gasteiger partial charge in [0.25, 0.3) is 5.91 Å². The van der Waals surface area contributed by atoms with Crippen molar-refractivity contribution in [1.29, 1.82) is 0 Å². The van der Waals surface area contributed by atoms with Gasteiger partial charge in [0.1, 0.15) is 12.1 Å². The van der Waals surface area contributed by atoms with Crippen LogP contribution in [0.2, 0.25) is 0 Å². The summed E-state index contributed by atoms with van der Waals surface area (Å²) in [5.41, 5.74) is 4.37. The molecule has 0 saturated carbocycles. The standard InChI is InChI=1S/C30H23NO3/c32-28-23-16-8-10-18-25(23)30(31-28)24-17-9-7-15-22(24)26(21-13-5-2-6-14-21)27(30)29(33)34-19-20-11-3-1-4-12-20/h1-18,26-27H,19H2,(H,31,32). The van der Waals surface area contributed by atoms with Crippen LogP contribution in [-0.2, 0) is 21.7 Å². The Morgan fingerprint density at radius 3 is 2.15 bits per heavy atom. The van der Waals surface area contributed by atoms with Gasteiger partial charge >= 0.3 is 5.97 Å². The molecular weight excluding hydrogens is 422 g/mol. The molecule has 0 fully saturated rings. The van der Waals surface area contributed by atoms with Crippen LogP contribution in [0.1, 0.15) is 44.1 Å². The number of benzene rings is 4. The van der Waals surface area contributed by atoms with Gasteiger partial charge in [-0.15, -0.1) is 0 Å². The average Bonchev–Trinajstić information content (AvgIpc) is 3.36. The highest BCUT2D eigenvalue weighted by Gasteiger charge is 2.61. The summed E-state index contributed by atoms with van der Waals surface area (Å²) >= 11 is 0. The summed E-state index contributed by atoms with van der Waals surface area (Å²) in [6.45, 7) is 0.180. The molecular formula is C30H23NO3. The molecule has 34 heavy (non-hydrogen) atoms. The first-order chi connectivity index (χ1) is 16.7. The maximum atomic E-state index is 14.0. The maximum absolute atomic E-state index is 14.0. The number of carbonyl (C=O) groups is 2. The Labute approximate surface area is 198 Å². The van der Waals surface area contributed by atoms with Gasteiger partial charge in [-0.05, 0) is 33.9 Å². The summed E-state index contributed by atoms with van der Waals surface area (Å²) in [5, 5.41) is 3.24. The molecule has 0 aromatic heterocycles. The largest absolute Gasteiger partial charge is 0.460 e. The third-order valence-electron chi connectivity index (χ3n) is 7.06. The van der Waals surface area contributed by atoms with Gasteiger partial charge in [0.05, 0.1) is 5.92 Å². The first kappa shape index (κ1) is 20.4. The fourth-order valence-corrected chi connectivity index (χ4v) is 5.68. The number of amides is 1. The van der Waals surface area contributed by atoms with Crippen LogP contribution in [0, 0.1) is 5.92 Å². The zero-order valence-electron chi connectivity index (χ0n) is 18.5. The van der Waals surface area contributed by atoms with E-state index >= 15 is 0 Å². The summed E-state index contributed by atoms with van der Waals surface area (Å²) in [7, 11) is 0. The molecule has 6 rings (SSSR count). The third-order valence-corrected chi connectivity index (χ3v) is 7.06. The van der Waals surface area contributed by atoms with E-state index in [1.54, 1.807) is 0 Å². The fourth-order valence-electron chi connectivity index (χ4n) is 5.68. The zero-order valence-corrected chi connectivity index (χ0v) is 18.5. The van der Waals surface area contributed by atoms with Crippen LogP contribution in [0.3, 0.4) is 0 Å². The molecule has 0 bridgehead atoms. The van der Waals surface area contributed by atoms with Crippen LogP contribution in [0.15, 0.2) is 109 Å². The lowest BCUT2D eigenvalue weighted by Gasteiger charge is -2.34. The van der Waals surface area contributed by atoms with Gasteiger partial charge in [-0.1, -0.05) is 103 Å². The number of rotatable bonds is 4. The van der Waals surface area contributed by atoms with E-state index in [1.807, 2.05) is 103 Å². The van der Waals surface area contributed by atoms with E-state index in [1.165, 1.54) is 0 Å². The Morgan fingerprint density at radius 2 is 1.38 bits per heavy atom. The molecule has 4 nitrogen and oxygen atoms in total. The second kappa shape index (κ2) is 7.99. The summed E-state index contributed by atoms with van der Waals surface area (Å²) in [4.78, 5) is 27.1. The minimum atomic E-state index is -0.988. The lowest BCUT2D eigenvalue weighted by atomic mass is 9.74. The number of esters is 1. The highest BCUT2D eigenvalue weighted by atomic mass is 16.5. The van der Waals surface area contributed by atoms with Gasteiger partial charge in [-0.2, -0.15) is 0 Å². The Balaban J connectivity index is 1.53. The average molecular weight is 446 g/mol. The van der Waals surface area contributed by atoms with Crippen molar-refractivity contribution in [2.75, 3.05) is 0 Å². The van der Waals surface area contributed by atoms with Crippen molar-refractivity contribution in [2.24, 2.45) is 5.92 Å². The molecule has 4 aromatic rings. The van der Waals surface area contributed by atoms with Gasteiger partial charge in [0.15, 0.2) is 0 Å². The Kier molecular flexibility index (Phi) is 4.80. The molecule has 3 atom stereocenters.